The van der Waals surface area contributed by atoms with E-state index >= 15 is 0 Å². The number of aryl methyl sites for hydroxylation is 1. The van der Waals surface area contributed by atoms with Crippen molar-refractivity contribution in [2.45, 2.75) is 44.0 Å². The van der Waals surface area contributed by atoms with Crippen LogP contribution in [0.2, 0.25) is 0 Å². The summed E-state index contributed by atoms with van der Waals surface area (Å²) in [6.07, 6.45) is -10.7. The number of halogens is 9. The Bertz CT molecular complexity index is 1320. The van der Waals surface area contributed by atoms with Gasteiger partial charge in [-0.2, -0.15) is 39.5 Å². The number of alkyl halides is 9. The molecule has 0 bridgehead atoms. The molecule has 0 aliphatic carbocycles. The first kappa shape index (κ1) is 40.5. The van der Waals surface area contributed by atoms with E-state index in [4.69, 9.17) is 29.7 Å². The molecule has 4 rings (SSSR count). The number of pyridine rings is 2. The van der Waals surface area contributed by atoms with Crippen LogP contribution >= 0.6 is 0 Å². The second-order valence-corrected chi connectivity index (χ2v) is 9.91. The maximum Gasteiger partial charge on any atom is 0.490 e. The lowest BCUT2D eigenvalue weighted by Gasteiger charge is -2.46. The number of aliphatic carboxylic acids is 3. The monoisotopic (exact) mass is 693 g/mol. The zero-order valence-corrected chi connectivity index (χ0v) is 24.4. The van der Waals surface area contributed by atoms with Crippen LogP contribution in [-0.4, -0.2) is 116 Å². The minimum absolute atomic E-state index is 0.00637. The summed E-state index contributed by atoms with van der Waals surface area (Å²) >= 11 is 0. The van der Waals surface area contributed by atoms with E-state index in [1.54, 1.807) is 12.4 Å². The van der Waals surface area contributed by atoms with Crippen LogP contribution in [-0.2, 0) is 25.7 Å². The molecule has 0 aromatic carbocycles. The number of carbonyl (C=O) groups is 4. The molecular weight excluding hydrogens is 665 g/mol. The average molecular weight is 694 g/mol. The molecule has 1 amide bonds. The zero-order chi connectivity index (χ0) is 36.4. The largest absolute Gasteiger partial charge is 0.490 e. The molecule has 2 saturated heterocycles. The Morgan fingerprint density at radius 2 is 1.36 bits per heavy atom. The lowest BCUT2D eigenvalue weighted by atomic mass is 9.92. The summed E-state index contributed by atoms with van der Waals surface area (Å²) in [5, 5.41) is 21.4. The fourth-order valence-electron chi connectivity index (χ4n) is 4.14. The molecule has 21 heteroatoms. The minimum Gasteiger partial charge on any atom is -0.475 e. The van der Waals surface area contributed by atoms with Crippen molar-refractivity contribution in [2.75, 3.05) is 38.1 Å². The van der Waals surface area contributed by atoms with Gasteiger partial charge in [-0.3, -0.25) is 24.6 Å². The minimum atomic E-state index is -5.08. The topological polar surface area (TPSA) is 164 Å². The van der Waals surface area contributed by atoms with Gasteiger partial charge >= 0.3 is 36.4 Å². The third kappa shape index (κ3) is 13.4. The molecule has 2 aromatic rings. The molecule has 3 N–H and O–H groups in total. The Balaban J connectivity index is 0.000000430. The van der Waals surface area contributed by atoms with Gasteiger partial charge in [0.1, 0.15) is 0 Å². The molecule has 1 spiro atoms. The Hall–Kier alpha value is -4.53. The molecule has 12 nitrogen and oxygen atoms in total. The fourth-order valence-corrected chi connectivity index (χ4v) is 4.14. The molecule has 2 aliphatic heterocycles. The van der Waals surface area contributed by atoms with Gasteiger partial charge in [-0.25, -0.2) is 14.4 Å². The van der Waals surface area contributed by atoms with Gasteiger partial charge in [0, 0.05) is 38.1 Å². The lowest BCUT2D eigenvalue weighted by molar-refractivity contribution is -0.193. The number of amides is 1. The highest BCUT2D eigenvalue weighted by molar-refractivity contribution is 5.95. The molecule has 4 heterocycles. The number of anilines is 1. The maximum atomic E-state index is 12.6. The average Bonchev–Trinajstić information content (AvgIpc) is 3.34. The van der Waals surface area contributed by atoms with E-state index in [0.29, 0.717) is 13.1 Å². The van der Waals surface area contributed by atoms with E-state index in [1.807, 2.05) is 30.0 Å². The van der Waals surface area contributed by atoms with Gasteiger partial charge in [-0.05, 0) is 44.7 Å². The van der Waals surface area contributed by atoms with Crippen molar-refractivity contribution < 1.29 is 74.0 Å². The Morgan fingerprint density at radius 3 is 1.79 bits per heavy atom. The number of carboxylic acid groups (broad SMARTS) is 3. The summed E-state index contributed by atoms with van der Waals surface area (Å²) in [5.74, 6) is -8.13. The highest BCUT2D eigenvalue weighted by Gasteiger charge is 2.47. The second-order valence-electron chi connectivity index (χ2n) is 9.91. The van der Waals surface area contributed by atoms with Crippen LogP contribution in [0.4, 0.5) is 45.2 Å². The van der Waals surface area contributed by atoms with Crippen molar-refractivity contribution >= 4 is 29.5 Å². The van der Waals surface area contributed by atoms with Gasteiger partial charge in [-0.15, -0.1) is 0 Å². The molecule has 0 radical (unpaired) electrons. The maximum absolute atomic E-state index is 12.6. The van der Waals surface area contributed by atoms with Crippen LogP contribution in [0.5, 0.6) is 0 Å². The van der Waals surface area contributed by atoms with E-state index < -0.39 is 36.4 Å². The molecule has 47 heavy (non-hydrogen) atoms. The Kier molecular flexibility index (Phi) is 14.1. The molecule has 2 aromatic heterocycles. The predicted molar refractivity (Wildman–Crippen MR) is 142 cm³/mol. The second kappa shape index (κ2) is 16.3. The first-order valence-electron chi connectivity index (χ1n) is 12.9. The van der Waals surface area contributed by atoms with E-state index in [-0.39, 0.29) is 11.4 Å². The van der Waals surface area contributed by atoms with Crippen LogP contribution in [0.15, 0.2) is 42.7 Å². The van der Waals surface area contributed by atoms with Gasteiger partial charge in [0.25, 0.3) is 0 Å². The SMILES string of the molecule is Cc1cccc(CN2CCC3(C2)CN(c2cccnc2)C(=O)CN3C)n1.O=C(O)C(F)(F)F.O=C(O)C(F)(F)F.O=C(O)C(F)(F)F. The number of nitrogens with zero attached hydrogens (tertiary/aromatic N) is 5. The number of hydrogen-bond donors (Lipinski definition) is 3. The highest BCUT2D eigenvalue weighted by Crippen LogP contribution is 2.33. The summed E-state index contributed by atoms with van der Waals surface area (Å²) < 4.78 is 95.2. The number of rotatable bonds is 3. The van der Waals surface area contributed by atoms with Crippen LogP contribution in [0.25, 0.3) is 0 Å². The quantitative estimate of drug-likeness (QED) is 0.403. The fraction of sp³-hybridized carbons (Fsp3) is 0.462. The highest BCUT2D eigenvalue weighted by atomic mass is 19.4. The van der Waals surface area contributed by atoms with Crippen molar-refractivity contribution in [3.63, 3.8) is 0 Å². The number of hydrogen-bond acceptors (Lipinski definition) is 8. The van der Waals surface area contributed by atoms with Crippen LogP contribution in [0.3, 0.4) is 0 Å². The number of piperazine rings is 1. The van der Waals surface area contributed by atoms with Crippen LogP contribution in [0, 0.1) is 6.92 Å². The van der Waals surface area contributed by atoms with Crippen LogP contribution < -0.4 is 4.90 Å². The first-order valence-corrected chi connectivity index (χ1v) is 12.9. The van der Waals surface area contributed by atoms with Gasteiger partial charge in [0.15, 0.2) is 0 Å². The van der Waals surface area contributed by atoms with Gasteiger partial charge in [0.05, 0.1) is 29.7 Å². The van der Waals surface area contributed by atoms with Crippen LogP contribution in [0.1, 0.15) is 17.8 Å². The number of carbonyl (C=O) groups excluding carboxylic acids is 1. The van der Waals surface area contributed by atoms with Crippen molar-refractivity contribution in [1.82, 2.24) is 19.8 Å². The molecule has 2 aliphatic rings. The van der Waals surface area contributed by atoms with Crippen molar-refractivity contribution in [2.24, 2.45) is 0 Å². The smallest absolute Gasteiger partial charge is 0.475 e. The molecule has 262 valence electrons. The molecule has 0 saturated carbocycles. The van der Waals surface area contributed by atoms with Crippen molar-refractivity contribution in [3.05, 3.63) is 54.1 Å². The number of likely N-dealkylation sites (tertiary alicyclic amines) is 1. The molecule has 2 fully saturated rings. The summed E-state index contributed by atoms with van der Waals surface area (Å²) in [6, 6.07) is 10.0. The standard InChI is InChI=1S/C20H25N5O.3C2HF3O2/c1-16-5-3-6-17(22-16)12-24-10-8-20(14-24)15-25(19(26)13-23(20)2)18-7-4-9-21-11-18;3*3-2(4,5)1(6)7/h3-7,9,11H,8,10,12-15H2,1-2H3;3*(H,6,7). The van der Waals surface area contributed by atoms with E-state index in [2.05, 4.69) is 38.9 Å². The number of carboxylic acids is 3. The number of aromatic nitrogens is 2. The zero-order valence-electron chi connectivity index (χ0n) is 24.4. The molecular formula is C26H28F9N5O7. The summed E-state index contributed by atoms with van der Waals surface area (Å²) in [7, 11) is 2.08. The van der Waals surface area contributed by atoms with Crippen molar-refractivity contribution in [1.29, 1.82) is 0 Å². The van der Waals surface area contributed by atoms with Gasteiger partial charge in [0.2, 0.25) is 5.91 Å². The lowest BCUT2D eigenvalue weighted by Crippen LogP contribution is -2.64. The van der Waals surface area contributed by atoms with E-state index in [0.717, 1.165) is 43.1 Å². The summed E-state index contributed by atoms with van der Waals surface area (Å²) in [5.41, 5.74) is 3.05. The van der Waals surface area contributed by atoms with E-state index in [9.17, 15) is 44.3 Å². The Labute approximate surface area is 260 Å². The summed E-state index contributed by atoms with van der Waals surface area (Å²) in [4.78, 5) is 54.7. The van der Waals surface area contributed by atoms with E-state index in [1.165, 1.54) is 0 Å². The third-order valence-corrected chi connectivity index (χ3v) is 6.36. The molecule has 1 unspecified atom stereocenters. The van der Waals surface area contributed by atoms with Crippen molar-refractivity contribution in [3.8, 4) is 0 Å². The third-order valence-electron chi connectivity index (χ3n) is 6.36. The number of likely N-dealkylation sites (N-methyl/N-ethyl adjacent to an activating group) is 1. The molecule has 1 atom stereocenters. The summed E-state index contributed by atoms with van der Waals surface area (Å²) in [6.45, 7) is 6.02. The van der Waals surface area contributed by atoms with Gasteiger partial charge in [-0.1, -0.05) is 6.07 Å². The van der Waals surface area contributed by atoms with Gasteiger partial charge < -0.3 is 20.2 Å². The first-order chi connectivity index (χ1) is 21.4. The normalized spacial score (nSPS) is 18.6. The predicted octanol–water partition coefficient (Wildman–Crippen LogP) is 3.61. The Morgan fingerprint density at radius 1 is 0.851 bits per heavy atom.